The van der Waals surface area contributed by atoms with E-state index in [2.05, 4.69) is 34.6 Å². The number of ketones is 1. The summed E-state index contributed by atoms with van der Waals surface area (Å²) >= 11 is 0. The number of aromatic amines is 1. The lowest BCUT2D eigenvalue weighted by molar-refractivity contribution is -0.115. The Balaban J connectivity index is 0.000000886. The van der Waals surface area contributed by atoms with Gasteiger partial charge in [0.15, 0.2) is 0 Å². The maximum Gasteiger partial charge on any atom is 0.407 e. The minimum absolute atomic E-state index is 0.167. The first-order chi connectivity index (χ1) is 17.6. The second kappa shape index (κ2) is 12.3. The number of hydrogen-bond donors (Lipinski definition) is 3. The fourth-order valence-corrected chi connectivity index (χ4v) is 4.22. The number of aromatic hydroxyl groups is 1. The van der Waals surface area contributed by atoms with Crippen LogP contribution in [-0.2, 0) is 16.0 Å². The molecule has 3 aromatic carbocycles. The number of Topliss-reactive ketones (excluding diaryl/α,β-unsaturated/α-hetero) is 1. The largest absolute Gasteiger partial charge is 0.508 e. The number of nitrogens with one attached hydrogen (secondary N) is 2. The van der Waals surface area contributed by atoms with Crippen molar-refractivity contribution >= 4 is 22.8 Å². The van der Waals surface area contributed by atoms with Crippen LogP contribution in [-0.4, -0.2) is 34.1 Å². The summed E-state index contributed by atoms with van der Waals surface area (Å²) in [5.41, 5.74) is 4.51. The van der Waals surface area contributed by atoms with E-state index in [0.717, 1.165) is 33.3 Å². The first-order valence-electron chi connectivity index (χ1n) is 12.4. The predicted octanol–water partition coefficient (Wildman–Crippen LogP) is 6.72. The molecule has 0 bridgehead atoms. The number of benzene rings is 3. The number of H-pyrrole nitrogens is 1. The minimum atomic E-state index is -0.542. The number of hydrogen-bond acceptors (Lipinski definition) is 4. The van der Waals surface area contributed by atoms with Crippen molar-refractivity contribution < 1.29 is 19.4 Å². The van der Waals surface area contributed by atoms with Crippen LogP contribution in [0.15, 0.2) is 78.9 Å². The Bertz CT molecular complexity index is 1330. The molecule has 0 fully saturated rings. The van der Waals surface area contributed by atoms with Crippen molar-refractivity contribution in [2.75, 3.05) is 6.54 Å². The zero-order valence-electron chi connectivity index (χ0n) is 22.2. The van der Waals surface area contributed by atoms with Crippen LogP contribution in [0, 0.1) is 0 Å². The third-order valence-electron chi connectivity index (χ3n) is 5.56. The zero-order chi connectivity index (χ0) is 27.0. The number of fused-ring (bicyclic) bond motifs is 1. The average Bonchev–Trinajstić information content (AvgIpc) is 3.18. The number of phenolic OH excluding ortho intramolecular Hbond substituents is 1. The fourth-order valence-electron chi connectivity index (χ4n) is 4.22. The van der Waals surface area contributed by atoms with Crippen LogP contribution in [0.2, 0.25) is 0 Å². The van der Waals surface area contributed by atoms with Crippen LogP contribution in [0.3, 0.4) is 0 Å². The van der Waals surface area contributed by atoms with Gasteiger partial charge in [-0.25, -0.2) is 4.79 Å². The van der Waals surface area contributed by atoms with E-state index >= 15 is 0 Å². The first-order valence-corrected chi connectivity index (χ1v) is 12.4. The third kappa shape index (κ3) is 7.71. The molecule has 3 N–H and O–H groups in total. The lowest BCUT2D eigenvalue weighted by Gasteiger charge is -2.21. The average molecular weight is 501 g/mol. The number of carbonyl (C=O) groups excluding carboxylic acids is 2. The Labute approximate surface area is 218 Å². The second-order valence-corrected chi connectivity index (χ2v) is 10.1. The van der Waals surface area contributed by atoms with Gasteiger partial charge in [0, 0.05) is 28.7 Å². The van der Waals surface area contributed by atoms with E-state index in [4.69, 9.17) is 4.74 Å². The molecule has 1 aromatic heterocycles. The van der Waals surface area contributed by atoms with Crippen LogP contribution in [0.25, 0.3) is 10.9 Å². The van der Waals surface area contributed by atoms with Crippen molar-refractivity contribution in [1.82, 2.24) is 10.3 Å². The molecule has 0 spiro atoms. The summed E-state index contributed by atoms with van der Waals surface area (Å²) in [5, 5.41) is 14.7. The molecule has 1 amide bonds. The monoisotopic (exact) mass is 500 g/mol. The maximum absolute atomic E-state index is 12.2. The number of rotatable bonds is 6. The molecule has 6 nitrogen and oxygen atoms in total. The third-order valence-corrected chi connectivity index (χ3v) is 5.56. The lowest BCUT2D eigenvalue weighted by atomic mass is 9.85. The Morgan fingerprint density at radius 3 is 2.16 bits per heavy atom. The van der Waals surface area contributed by atoms with Crippen molar-refractivity contribution in [3.05, 3.63) is 101 Å². The molecule has 0 aliphatic carbocycles. The summed E-state index contributed by atoms with van der Waals surface area (Å²) < 4.78 is 5.39. The molecular formula is C31H36N2O4. The van der Waals surface area contributed by atoms with E-state index in [1.807, 2.05) is 69.3 Å². The molecule has 194 valence electrons. The number of para-hydroxylation sites is 2. The van der Waals surface area contributed by atoms with E-state index < -0.39 is 11.7 Å². The molecule has 0 saturated heterocycles. The van der Waals surface area contributed by atoms with Gasteiger partial charge in [-0.05, 0) is 64.3 Å². The summed E-state index contributed by atoms with van der Waals surface area (Å²) in [7, 11) is 0. The molecule has 1 atom stereocenters. The van der Waals surface area contributed by atoms with Crippen molar-refractivity contribution in [1.29, 1.82) is 0 Å². The topological polar surface area (TPSA) is 91.4 Å². The molecule has 6 heteroatoms. The Hall–Kier alpha value is -4.06. The maximum atomic E-state index is 12.2. The Morgan fingerprint density at radius 2 is 1.51 bits per heavy atom. The number of aromatic nitrogens is 1. The lowest BCUT2D eigenvalue weighted by Crippen LogP contribution is -2.33. The van der Waals surface area contributed by atoms with Gasteiger partial charge in [0.25, 0.3) is 0 Å². The van der Waals surface area contributed by atoms with E-state index in [1.54, 1.807) is 6.07 Å². The number of alkyl carbamates (subject to hydrolysis) is 1. The van der Waals surface area contributed by atoms with Gasteiger partial charge in [0.2, 0.25) is 0 Å². The van der Waals surface area contributed by atoms with Gasteiger partial charge in [-0.15, -0.1) is 0 Å². The minimum Gasteiger partial charge on any atom is -0.508 e. The Morgan fingerprint density at radius 1 is 0.919 bits per heavy atom. The fraction of sp³-hybridized carbons (Fsp3) is 0.290. The first kappa shape index (κ1) is 27.5. The van der Waals surface area contributed by atoms with E-state index in [-0.39, 0.29) is 17.5 Å². The van der Waals surface area contributed by atoms with Crippen LogP contribution < -0.4 is 5.32 Å². The van der Waals surface area contributed by atoms with Crippen molar-refractivity contribution in [3.63, 3.8) is 0 Å². The highest BCUT2D eigenvalue weighted by atomic mass is 16.6. The highest BCUT2D eigenvalue weighted by molar-refractivity contribution is 5.85. The number of ether oxygens (including phenoxy) is 1. The summed E-state index contributed by atoms with van der Waals surface area (Å²) in [5.74, 6) is 0.235. The molecule has 1 heterocycles. The second-order valence-electron chi connectivity index (χ2n) is 10.1. The Kier molecular flexibility index (Phi) is 9.12. The molecule has 4 aromatic rings. The highest BCUT2D eigenvalue weighted by Crippen LogP contribution is 2.40. The van der Waals surface area contributed by atoms with Crippen LogP contribution in [0.4, 0.5) is 4.79 Å². The summed E-state index contributed by atoms with van der Waals surface area (Å²) in [6.07, 6.45) is 0.194. The predicted molar refractivity (Wildman–Crippen MR) is 148 cm³/mol. The zero-order valence-corrected chi connectivity index (χ0v) is 22.2. The van der Waals surface area contributed by atoms with Gasteiger partial charge < -0.3 is 24.9 Å². The quantitative estimate of drug-likeness (QED) is 0.274. The number of phenols is 1. The molecule has 0 saturated carbocycles. The van der Waals surface area contributed by atoms with Gasteiger partial charge in [0.1, 0.15) is 17.1 Å². The SMILES string of the molecule is CC(C)(C)OC(=O)NCCc1c([C@H](c2ccccc2)c2ccccc2O)[nH]c2ccccc12.CC(C)=O. The molecule has 0 radical (unpaired) electrons. The molecule has 0 aliphatic heterocycles. The molecule has 0 unspecified atom stereocenters. The van der Waals surface area contributed by atoms with Gasteiger partial charge in [-0.2, -0.15) is 0 Å². The van der Waals surface area contributed by atoms with Gasteiger partial charge in [0.05, 0.1) is 5.92 Å². The molecular weight excluding hydrogens is 464 g/mol. The van der Waals surface area contributed by atoms with E-state index in [0.29, 0.717) is 13.0 Å². The number of carbonyl (C=O) groups is 2. The standard InChI is InChI=1S/C28H30N2O3.C3H6O/c1-28(2,3)33-27(32)29-18-17-21-20-13-7-9-15-23(20)30-26(21)25(19-11-5-4-6-12-19)22-14-8-10-16-24(22)31;1-3(2)4/h4-16,25,30-31H,17-18H2,1-3H3,(H,29,32);1-2H3/t25-;/m1./s1. The van der Waals surface area contributed by atoms with Gasteiger partial charge in [-0.1, -0.05) is 66.7 Å². The normalized spacial score (nSPS) is 11.8. The van der Waals surface area contributed by atoms with E-state index in [1.165, 1.54) is 13.8 Å². The van der Waals surface area contributed by atoms with Crippen LogP contribution >= 0.6 is 0 Å². The highest BCUT2D eigenvalue weighted by Gasteiger charge is 2.25. The molecule has 0 aliphatic rings. The van der Waals surface area contributed by atoms with Crippen LogP contribution in [0.1, 0.15) is 62.9 Å². The smallest absolute Gasteiger partial charge is 0.407 e. The summed E-state index contributed by atoms with van der Waals surface area (Å²) in [4.78, 5) is 25.2. The van der Waals surface area contributed by atoms with Crippen molar-refractivity contribution in [3.8, 4) is 5.75 Å². The van der Waals surface area contributed by atoms with Gasteiger partial charge >= 0.3 is 6.09 Å². The van der Waals surface area contributed by atoms with Gasteiger partial charge in [-0.3, -0.25) is 0 Å². The molecule has 4 rings (SSSR count). The van der Waals surface area contributed by atoms with Crippen molar-refractivity contribution in [2.45, 2.75) is 52.6 Å². The van der Waals surface area contributed by atoms with E-state index in [9.17, 15) is 14.7 Å². The van der Waals surface area contributed by atoms with Crippen molar-refractivity contribution in [2.24, 2.45) is 0 Å². The molecule has 37 heavy (non-hydrogen) atoms. The summed E-state index contributed by atoms with van der Waals surface area (Å²) in [6.45, 7) is 9.04. The summed E-state index contributed by atoms with van der Waals surface area (Å²) in [6, 6.07) is 25.8. The number of amides is 1. The van der Waals surface area contributed by atoms with Crippen LogP contribution in [0.5, 0.6) is 5.75 Å².